The van der Waals surface area contributed by atoms with E-state index in [4.69, 9.17) is 0 Å². The van der Waals surface area contributed by atoms with Gasteiger partial charge in [-0.1, -0.05) is 48.5 Å². The Morgan fingerprint density at radius 1 is 0.931 bits per heavy atom. The number of benzene rings is 3. The molecule has 1 heterocycles. The molecule has 0 aromatic heterocycles. The summed E-state index contributed by atoms with van der Waals surface area (Å²) < 4.78 is 13.9. The van der Waals surface area contributed by atoms with Crippen molar-refractivity contribution in [3.05, 3.63) is 95.1 Å². The minimum Gasteiger partial charge on any atom is -0.508 e. The summed E-state index contributed by atoms with van der Waals surface area (Å²) >= 11 is 0. The van der Waals surface area contributed by atoms with Gasteiger partial charge in [-0.25, -0.2) is 4.39 Å². The van der Waals surface area contributed by atoms with Crippen LogP contribution in [0.2, 0.25) is 0 Å². The molecule has 5 rings (SSSR count). The predicted octanol–water partition coefficient (Wildman–Crippen LogP) is 5.80. The number of phenols is 1. The summed E-state index contributed by atoms with van der Waals surface area (Å²) in [5, 5.41) is 9.97. The molecule has 2 nitrogen and oxygen atoms in total. The highest BCUT2D eigenvalue weighted by molar-refractivity contribution is 5.54. The average molecular weight is 387 g/mol. The van der Waals surface area contributed by atoms with Gasteiger partial charge in [-0.3, -0.25) is 0 Å². The van der Waals surface area contributed by atoms with Crippen LogP contribution in [0.25, 0.3) is 0 Å². The van der Waals surface area contributed by atoms with Crippen molar-refractivity contribution in [3.8, 4) is 5.75 Å². The molecule has 2 aliphatic rings. The molecule has 1 fully saturated rings. The maximum atomic E-state index is 13.9. The van der Waals surface area contributed by atoms with E-state index in [-0.39, 0.29) is 5.92 Å². The monoisotopic (exact) mass is 387 g/mol. The molecule has 1 saturated heterocycles. The zero-order valence-electron chi connectivity index (χ0n) is 16.7. The van der Waals surface area contributed by atoms with Crippen molar-refractivity contribution in [2.75, 3.05) is 18.0 Å². The van der Waals surface area contributed by atoms with Gasteiger partial charge in [-0.05, 0) is 72.2 Å². The zero-order chi connectivity index (χ0) is 20.0. The van der Waals surface area contributed by atoms with Crippen molar-refractivity contribution < 1.29 is 9.50 Å². The molecule has 1 aliphatic carbocycles. The summed E-state index contributed by atoms with van der Waals surface area (Å²) in [5.74, 6) is 0.985. The highest BCUT2D eigenvalue weighted by atomic mass is 19.1. The molecule has 0 radical (unpaired) electrons. The average Bonchev–Trinajstić information content (AvgIpc) is 2.72. The molecule has 1 aliphatic heterocycles. The Labute approximate surface area is 171 Å². The summed E-state index contributed by atoms with van der Waals surface area (Å²) in [6.45, 7) is 2.59. The summed E-state index contributed by atoms with van der Waals surface area (Å²) in [7, 11) is 0. The lowest BCUT2D eigenvalue weighted by Crippen LogP contribution is -2.57. The van der Waals surface area contributed by atoms with Gasteiger partial charge in [-0.2, -0.15) is 0 Å². The second-order valence-electron chi connectivity index (χ2n) is 8.78. The Balaban J connectivity index is 1.52. The lowest BCUT2D eigenvalue weighted by molar-refractivity contribution is 0.144. The standard InChI is InChI=1S/C26H26FNO/c1-26(27)16-28(17-26)21-10-7-19(8-11-21)25-23(18-5-3-2-4-6-18)13-9-20-15-22(29)12-14-24(20)25/h2-8,10-12,14-15,23,25,29H,9,13,16-17H2,1H3/t23-,25+/m1/s1. The van der Waals surface area contributed by atoms with Gasteiger partial charge in [0.15, 0.2) is 0 Å². The van der Waals surface area contributed by atoms with Crippen LogP contribution in [0.1, 0.15) is 47.4 Å². The molecular weight excluding hydrogens is 361 g/mol. The minimum atomic E-state index is -1.07. The third kappa shape index (κ3) is 3.39. The summed E-state index contributed by atoms with van der Waals surface area (Å²) in [5.41, 5.74) is 5.19. The fraction of sp³-hybridized carbons (Fsp3) is 0.308. The fourth-order valence-corrected chi connectivity index (χ4v) is 5.10. The maximum Gasteiger partial charge on any atom is 0.142 e. The molecule has 3 aromatic rings. The Kier molecular flexibility index (Phi) is 4.34. The van der Waals surface area contributed by atoms with E-state index < -0.39 is 5.67 Å². The lowest BCUT2D eigenvalue weighted by Gasteiger charge is -2.44. The highest BCUT2D eigenvalue weighted by Gasteiger charge is 2.39. The van der Waals surface area contributed by atoms with Crippen molar-refractivity contribution in [2.24, 2.45) is 0 Å². The molecule has 29 heavy (non-hydrogen) atoms. The number of aromatic hydroxyl groups is 1. The van der Waals surface area contributed by atoms with Crippen LogP contribution in [0, 0.1) is 0 Å². The van der Waals surface area contributed by atoms with Crippen molar-refractivity contribution in [3.63, 3.8) is 0 Å². The Morgan fingerprint density at radius 2 is 1.66 bits per heavy atom. The number of aryl methyl sites for hydroxylation is 1. The molecule has 1 N–H and O–H groups in total. The second kappa shape index (κ2) is 6.91. The van der Waals surface area contributed by atoms with Crippen LogP contribution in [0.3, 0.4) is 0 Å². The van der Waals surface area contributed by atoms with Gasteiger partial charge in [-0.15, -0.1) is 0 Å². The molecule has 3 aromatic carbocycles. The highest BCUT2D eigenvalue weighted by Crippen LogP contribution is 2.47. The number of rotatable bonds is 3. The number of halogens is 1. The van der Waals surface area contributed by atoms with Crippen LogP contribution in [-0.4, -0.2) is 23.9 Å². The molecule has 0 unspecified atom stereocenters. The van der Waals surface area contributed by atoms with Gasteiger partial charge in [0.05, 0.1) is 13.1 Å². The van der Waals surface area contributed by atoms with Crippen molar-refractivity contribution in [2.45, 2.75) is 37.3 Å². The number of phenolic OH excluding ortho intramolecular Hbond substituents is 1. The van der Waals surface area contributed by atoms with Crippen molar-refractivity contribution in [1.82, 2.24) is 0 Å². The SMILES string of the molecule is CC1(F)CN(c2ccc([C@@H]3c4ccc(O)cc4CC[C@@H]3c3ccccc3)cc2)C1. The van der Waals surface area contributed by atoms with E-state index in [9.17, 15) is 9.50 Å². The van der Waals surface area contributed by atoms with Crippen LogP contribution in [0.15, 0.2) is 72.8 Å². The van der Waals surface area contributed by atoms with Crippen LogP contribution in [0.5, 0.6) is 5.75 Å². The van der Waals surface area contributed by atoms with E-state index in [0.717, 1.165) is 18.5 Å². The van der Waals surface area contributed by atoms with Crippen LogP contribution < -0.4 is 4.90 Å². The van der Waals surface area contributed by atoms with Gasteiger partial charge in [0, 0.05) is 11.6 Å². The first kappa shape index (κ1) is 18.2. The van der Waals surface area contributed by atoms with E-state index in [2.05, 4.69) is 65.6 Å². The van der Waals surface area contributed by atoms with E-state index in [1.54, 1.807) is 13.0 Å². The van der Waals surface area contributed by atoms with E-state index in [1.165, 1.54) is 22.3 Å². The molecule has 148 valence electrons. The third-order valence-electron chi connectivity index (χ3n) is 6.47. The summed E-state index contributed by atoms with van der Waals surface area (Å²) in [6, 6.07) is 25.2. The normalized spacial score (nSPS) is 22.6. The third-order valence-corrected chi connectivity index (χ3v) is 6.47. The van der Waals surface area contributed by atoms with E-state index in [0.29, 0.717) is 24.8 Å². The number of fused-ring (bicyclic) bond motifs is 1. The van der Waals surface area contributed by atoms with Gasteiger partial charge in [0.1, 0.15) is 11.4 Å². The van der Waals surface area contributed by atoms with Gasteiger partial charge in [0.2, 0.25) is 0 Å². The maximum absolute atomic E-state index is 13.9. The van der Waals surface area contributed by atoms with E-state index in [1.807, 2.05) is 6.07 Å². The Hall–Kier alpha value is -2.81. The van der Waals surface area contributed by atoms with Gasteiger partial charge < -0.3 is 10.0 Å². The van der Waals surface area contributed by atoms with Gasteiger partial charge in [0.25, 0.3) is 0 Å². The van der Waals surface area contributed by atoms with Crippen LogP contribution >= 0.6 is 0 Å². The molecule has 0 saturated carbocycles. The number of anilines is 1. The van der Waals surface area contributed by atoms with Crippen LogP contribution in [0.4, 0.5) is 10.1 Å². The first-order valence-electron chi connectivity index (χ1n) is 10.4. The number of hydrogen-bond donors (Lipinski definition) is 1. The first-order chi connectivity index (χ1) is 14.0. The smallest absolute Gasteiger partial charge is 0.142 e. The largest absolute Gasteiger partial charge is 0.508 e. The Morgan fingerprint density at radius 3 is 2.34 bits per heavy atom. The lowest BCUT2D eigenvalue weighted by atomic mass is 9.69. The molecular formula is C26H26FNO. The van der Waals surface area contributed by atoms with Crippen LogP contribution in [-0.2, 0) is 6.42 Å². The zero-order valence-corrected chi connectivity index (χ0v) is 16.7. The molecule has 2 atom stereocenters. The summed E-state index contributed by atoms with van der Waals surface area (Å²) in [6.07, 6.45) is 2.03. The predicted molar refractivity (Wildman–Crippen MR) is 116 cm³/mol. The minimum absolute atomic E-state index is 0.249. The first-order valence-corrected chi connectivity index (χ1v) is 10.4. The van der Waals surface area contributed by atoms with Crippen molar-refractivity contribution in [1.29, 1.82) is 0 Å². The van der Waals surface area contributed by atoms with Gasteiger partial charge >= 0.3 is 0 Å². The Bertz CT molecular complexity index is 1000. The number of alkyl halides is 1. The summed E-state index contributed by atoms with van der Waals surface area (Å²) in [4.78, 5) is 2.09. The molecule has 0 spiro atoms. The number of hydrogen-bond acceptors (Lipinski definition) is 2. The van der Waals surface area contributed by atoms with Crippen molar-refractivity contribution >= 4 is 5.69 Å². The quantitative estimate of drug-likeness (QED) is 0.614. The fourth-order valence-electron chi connectivity index (χ4n) is 5.10. The molecule has 0 amide bonds. The molecule has 0 bridgehead atoms. The topological polar surface area (TPSA) is 23.5 Å². The van der Waals surface area contributed by atoms with E-state index >= 15 is 0 Å². The second-order valence-corrected chi connectivity index (χ2v) is 8.78. The number of nitrogens with zero attached hydrogens (tertiary/aromatic N) is 1. The molecule has 3 heteroatoms.